The standard InChI is InChI=1S/C6H9NO2/c1-4(8)6-2-5(9)3-7-6/h6-7H,2-3H2,1H3. The molecule has 0 amide bonds. The Morgan fingerprint density at radius 2 is 2.44 bits per heavy atom. The van der Waals surface area contributed by atoms with Crippen molar-refractivity contribution >= 4 is 11.6 Å². The number of nitrogens with one attached hydrogen (secondary N) is 1. The molecular weight excluding hydrogens is 118 g/mol. The van der Waals surface area contributed by atoms with E-state index in [9.17, 15) is 9.59 Å². The summed E-state index contributed by atoms with van der Waals surface area (Å²) in [6.07, 6.45) is 0.384. The monoisotopic (exact) mass is 127 g/mol. The summed E-state index contributed by atoms with van der Waals surface area (Å²) in [5, 5.41) is 2.81. The number of hydrogen-bond donors (Lipinski definition) is 1. The summed E-state index contributed by atoms with van der Waals surface area (Å²) < 4.78 is 0. The van der Waals surface area contributed by atoms with E-state index in [2.05, 4.69) is 5.32 Å². The molecule has 1 N–H and O–H groups in total. The molecule has 50 valence electrons. The zero-order valence-corrected chi connectivity index (χ0v) is 5.31. The predicted molar refractivity (Wildman–Crippen MR) is 32.1 cm³/mol. The topological polar surface area (TPSA) is 46.2 Å². The van der Waals surface area contributed by atoms with E-state index in [0.29, 0.717) is 13.0 Å². The van der Waals surface area contributed by atoms with E-state index in [1.54, 1.807) is 0 Å². The van der Waals surface area contributed by atoms with Gasteiger partial charge in [0.2, 0.25) is 0 Å². The Hall–Kier alpha value is -0.700. The quantitative estimate of drug-likeness (QED) is 0.517. The Balaban J connectivity index is 2.48. The van der Waals surface area contributed by atoms with Gasteiger partial charge in [-0.3, -0.25) is 9.59 Å². The van der Waals surface area contributed by atoms with Crippen LogP contribution < -0.4 is 5.32 Å². The van der Waals surface area contributed by atoms with Gasteiger partial charge in [0.05, 0.1) is 12.6 Å². The van der Waals surface area contributed by atoms with Crippen LogP contribution in [-0.2, 0) is 9.59 Å². The number of Topliss-reactive ketones (excluding diaryl/α,β-unsaturated/α-hetero) is 2. The van der Waals surface area contributed by atoms with Gasteiger partial charge in [0, 0.05) is 6.42 Å². The maximum atomic E-state index is 10.6. The second-order valence-corrected chi connectivity index (χ2v) is 2.29. The SMILES string of the molecule is CC(=O)C1CC(=O)CN1. The fraction of sp³-hybridized carbons (Fsp3) is 0.667. The van der Waals surface area contributed by atoms with E-state index in [1.807, 2.05) is 0 Å². The minimum atomic E-state index is -0.197. The van der Waals surface area contributed by atoms with Crippen molar-refractivity contribution in [3.8, 4) is 0 Å². The van der Waals surface area contributed by atoms with Gasteiger partial charge in [-0.2, -0.15) is 0 Å². The lowest BCUT2D eigenvalue weighted by Crippen LogP contribution is -2.28. The van der Waals surface area contributed by atoms with Crippen molar-refractivity contribution in [1.29, 1.82) is 0 Å². The molecule has 1 atom stereocenters. The Kier molecular flexibility index (Phi) is 1.62. The minimum absolute atomic E-state index is 0.0563. The number of rotatable bonds is 1. The molecule has 0 spiro atoms. The molecule has 1 fully saturated rings. The van der Waals surface area contributed by atoms with Crippen molar-refractivity contribution in [2.24, 2.45) is 0 Å². The lowest BCUT2D eigenvalue weighted by Gasteiger charge is -2.00. The second kappa shape index (κ2) is 2.27. The summed E-state index contributed by atoms with van der Waals surface area (Å²) in [7, 11) is 0. The van der Waals surface area contributed by atoms with E-state index in [1.165, 1.54) is 6.92 Å². The minimum Gasteiger partial charge on any atom is -0.300 e. The Morgan fingerprint density at radius 1 is 1.78 bits per heavy atom. The molecule has 0 saturated carbocycles. The summed E-state index contributed by atoms with van der Waals surface area (Å²) in [4.78, 5) is 21.1. The van der Waals surface area contributed by atoms with Crippen LogP contribution in [0.15, 0.2) is 0 Å². The third-order valence-corrected chi connectivity index (χ3v) is 1.47. The summed E-state index contributed by atoms with van der Waals surface area (Å²) in [5.41, 5.74) is 0. The summed E-state index contributed by atoms with van der Waals surface area (Å²) in [6, 6.07) is -0.197. The molecule has 0 radical (unpaired) electrons. The van der Waals surface area contributed by atoms with Gasteiger partial charge >= 0.3 is 0 Å². The lowest BCUT2D eigenvalue weighted by molar-refractivity contribution is -0.121. The van der Waals surface area contributed by atoms with E-state index in [0.717, 1.165) is 0 Å². The van der Waals surface area contributed by atoms with Gasteiger partial charge in [0.15, 0.2) is 0 Å². The molecule has 9 heavy (non-hydrogen) atoms. The van der Waals surface area contributed by atoms with Crippen molar-refractivity contribution in [3.05, 3.63) is 0 Å². The van der Waals surface area contributed by atoms with Crippen molar-refractivity contribution in [2.75, 3.05) is 6.54 Å². The van der Waals surface area contributed by atoms with E-state index in [4.69, 9.17) is 0 Å². The van der Waals surface area contributed by atoms with Crippen LogP contribution in [0.5, 0.6) is 0 Å². The van der Waals surface area contributed by atoms with Crippen molar-refractivity contribution in [1.82, 2.24) is 5.32 Å². The van der Waals surface area contributed by atoms with Gasteiger partial charge in [0.25, 0.3) is 0 Å². The van der Waals surface area contributed by atoms with Crippen LogP contribution in [0.25, 0.3) is 0 Å². The first kappa shape index (κ1) is 6.42. The zero-order valence-electron chi connectivity index (χ0n) is 5.31. The van der Waals surface area contributed by atoms with Gasteiger partial charge in [-0.25, -0.2) is 0 Å². The smallest absolute Gasteiger partial charge is 0.148 e. The molecule has 1 heterocycles. The Bertz CT molecular complexity index is 153. The highest BCUT2D eigenvalue weighted by Gasteiger charge is 2.24. The van der Waals surface area contributed by atoms with Gasteiger partial charge in [-0.1, -0.05) is 0 Å². The molecule has 1 saturated heterocycles. The molecule has 1 aliphatic heterocycles. The maximum absolute atomic E-state index is 10.6. The van der Waals surface area contributed by atoms with Crippen LogP contribution in [0, 0.1) is 0 Å². The highest BCUT2D eigenvalue weighted by Crippen LogP contribution is 2.01. The van der Waals surface area contributed by atoms with E-state index < -0.39 is 0 Å². The lowest BCUT2D eigenvalue weighted by atomic mass is 10.1. The van der Waals surface area contributed by atoms with Gasteiger partial charge < -0.3 is 5.32 Å². The predicted octanol–water partition coefficient (Wildman–Crippen LogP) is -0.494. The molecule has 0 aromatic carbocycles. The molecule has 0 aromatic rings. The third-order valence-electron chi connectivity index (χ3n) is 1.47. The third kappa shape index (κ3) is 1.36. The molecule has 1 unspecified atom stereocenters. The van der Waals surface area contributed by atoms with Gasteiger partial charge in [0.1, 0.15) is 11.6 Å². The Morgan fingerprint density at radius 3 is 2.67 bits per heavy atom. The first-order chi connectivity index (χ1) is 4.20. The molecule has 0 aliphatic carbocycles. The number of hydrogen-bond acceptors (Lipinski definition) is 3. The Labute approximate surface area is 53.4 Å². The fourth-order valence-electron chi connectivity index (χ4n) is 0.897. The molecule has 0 bridgehead atoms. The summed E-state index contributed by atoms with van der Waals surface area (Å²) in [5.74, 6) is 0.191. The molecule has 3 heteroatoms. The average molecular weight is 127 g/mol. The molecule has 3 nitrogen and oxygen atoms in total. The maximum Gasteiger partial charge on any atom is 0.148 e. The van der Waals surface area contributed by atoms with Crippen LogP contribution in [-0.4, -0.2) is 24.2 Å². The van der Waals surface area contributed by atoms with Crippen LogP contribution in [0.1, 0.15) is 13.3 Å². The first-order valence-electron chi connectivity index (χ1n) is 2.95. The number of carbonyl (C=O) groups excluding carboxylic acids is 2. The van der Waals surface area contributed by atoms with Crippen LogP contribution in [0.2, 0.25) is 0 Å². The molecule has 0 aromatic heterocycles. The average Bonchev–Trinajstić information content (AvgIpc) is 2.14. The molecule has 1 aliphatic rings. The van der Waals surface area contributed by atoms with Crippen LogP contribution >= 0.6 is 0 Å². The van der Waals surface area contributed by atoms with E-state index >= 15 is 0 Å². The first-order valence-corrected chi connectivity index (χ1v) is 2.95. The summed E-state index contributed by atoms with van der Waals surface area (Å²) >= 11 is 0. The summed E-state index contributed by atoms with van der Waals surface area (Å²) in [6.45, 7) is 1.86. The number of ketones is 2. The normalized spacial score (nSPS) is 26.8. The van der Waals surface area contributed by atoms with Crippen molar-refractivity contribution in [3.63, 3.8) is 0 Å². The molecular formula is C6H9NO2. The van der Waals surface area contributed by atoms with Gasteiger partial charge in [-0.05, 0) is 6.92 Å². The molecule has 1 rings (SSSR count). The van der Waals surface area contributed by atoms with Crippen LogP contribution in [0.4, 0.5) is 0 Å². The van der Waals surface area contributed by atoms with Crippen molar-refractivity contribution in [2.45, 2.75) is 19.4 Å². The van der Waals surface area contributed by atoms with Gasteiger partial charge in [-0.15, -0.1) is 0 Å². The van der Waals surface area contributed by atoms with E-state index in [-0.39, 0.29) is 17.6 Å². The number of carbonyl (C=O) groups is 2. The highest BCUT2D eigenvalue weighted by atomic mass is 16.1. The second-order valence-electron chi connectivity index (χ2n) is 2.29. The zero-order chi connectivity index (χ0) is 6.85. The highest BCUT2D eigenvalue weighted by molar-refractivity contribution is 5.93. The fourth-order valence-corrected chi connectivity index (χ4v) is 0.897. The van der Waals surface area contributed by atoms with Crippen LogP contribution in [0.3, 0.4) is 0 Å². The van der Waals surface area contributed by atoms with Crippen molar-refractivity contribution < 1.29 is 9.59 Å². The largest absolute Gasteiger partial charge is 0.300 e.